The van der Waals surface area contributed by atoms with E-state index in [1.165, 1.54) is 9.36 Å². The fraction of sp³-hybridized carbons (Fsp3) is 0.310. The number of fused-ring (bicyclic) bond motifs is 2. The lowest BCUT2D eigenvalue weighted by atomic mass is 9.83. The number of carbonyl (C=O) groups is 2. The third kappa shape index (κ3) is 10.8. The van der Waals surface area contributed by atoms with Crippen molar-refractivity contribution in [1.29, 1.82) is 0 Å². The minimum Gasteiger partial charge on any atom is -0.380 e. The van der Waals surface area contributed by atoms with Crippen LogP contribution in [-0.4, -0.2) is 85.1 Å². The quantitative estimate of drug-likeness (QED) is 0.0843. The number of hydrogen-bond acceptors (Lipinski definition) is 10. The van der Waals surface area contributed by atoms with Crippen molar-refractivity contribution < 1.29 is 46.1 Å². The maximum absolute atomic E-state index is 14.1. The second-order valence-corrected chi connectivity index (χ2v) is 20.0. The fourth-order valence-corrected chi connectivity index (χ4v) is 10.6. The molecule has 6 heterocycles. The van der Waals surface area contributed by atoms with Crippen LogP contribution in [0.5, 0.6) is 0 Å². The molecule has 14 nitrogen and oxygen atoms in total. The van der Waals surface area contributed by atoms with Crippen LogP contribution < -0.4 is 10.6 Å². The first-order valence-electron chi connectivity index (χ1n) is 25.2. The van der Waals surface area contributed by atoms with Crippen LogP contribution in [0.4, 0.5) is 37.7 Å². The molecule has 2 aliphatic rings. The SMILES string of the molecule is Cc1cc(C(=O)Nc2cccnc2C)ccc1[C@@H]1CC[C@@](O)(C(F)(F)F)Cc2c1c(-c1ccccn1)nn2C.Cc1cc(C(=O)Nc2cccnc2C)ccc1[C@H]1CC[C@@](O)(C(F)(F)F)Cc2c1c(-c1ccccn1)nn2C. The zero-order valence-corrected chi connectivity index (χ0v) is 43.5. The van der Waals surface area contributed by atoms with Crippen LogP contribution in [0.2, 0.25) is 0 Å². The standard InChI is InChI=1S/2C29H28F3N5O2/c2*1-17-15-19(27(38)35-22-8-6-14-33-18(22)2)9-10-20(17)21-11-12-28(39,29(30,31)32)16-24-25(21)26(36-37(24)3)23-7-4-5-13-34-23/h2*4-10,13-15,21,39H,11-12,16H2,1-3H3,(H,35,38)/t21-,28+;21-,28-/m10/s1. The van der Waals surface area contributed by atoms with Crippen molar-refractivity contribution in [1.82, 2.24) is 39.5 Å². The molecule has 6 aromatic heterocycles. The molecule has 8 aromatic rings. The maximum Gasteiger partial charge on any atom is 0.417 e. The number of carbonyl (C=O) groups excluding carboxylic acids is 2. The summed E-state index contributed by atoms with van der Waals surface area (Å²) in [5, 5.41) is 36.5. The van der Waals surface area contributed by atoms with E-state index < -0.39 is 61.1 Å². The van der Waals surface area contributed by atoms with Gasteiger partial charge in [-0.2, -0.15) is 36.5 Å². The van der Waals surface area contributed by atoms with E-state index in [-0.39, 0.29) is 24.7 Å². The molecule has 2 aromatic carbocycles. The van der Waals surface area contributed by atoms with Crippen LogP contribution in [-0.2, 0) is 26.9 Å². The number of anilines is 2. The van der Waals surface area contributed by atoms with E-state index in [4.69, 9.17) is 0 Å². The van der Waals surface area contributed by atoms with Gasteiger partial charge in [0, 0.05) is 97.2 Å². The van der Waals surface area contributed by atoms with Crippen LogP contribution >= 0.6 is 0 Å². The van der Waals surface area contributed by atoms with E-state index in [0.29, 0.717) is 79.2 Å². The average Bonchev–Trinajstić information content (AvgIpc) is 3.77. The Morgan fingerprint density at radius 2 is 0.936 bits per heavy atom. The van der Waals surface area contributed by atoms with Gasteiger partial charge in [-0.05, 0) is 148 Å². The van der Waals surface area contributed by atoms with Gasteiger partial charge in [0.15, 0.2) is 11.2 Å². The highest BCUT2D eigenvalue weighted by Gasteiger charge is 2.57. The number of pyridine rings is 4. The molecule has 78 heavy (non-hydrogen) atoms. The van der Waals surface area contributed by atoms with Gasteiger partial charge in [0.05, 0.1) is 34.2 Å². The highest BCUT2D eigenvalue weighted by molar-refractivity contribution is 6.05. The Hall–Kier alpha value is -8.10. The number of aliphatic hydroxyl groups is 2. The minimum atomic E-state index is -4.81. The molecule has 404 valence electrons. The van der Waals surface area contributed by atoms with Crippen molar-refractivity contribution >= 4 is 23.2 Å². The molecule has 20 heteroatoms. The van der Waals surface area contributed by atoms with Gasteiger partial charge in [-0.3, -0.25) is 38.9 Å². The van der Waals surface area contributed by atoms with E-state index in [9.17, 15) is 46.1 Å². The first kappa shape index (κ1) is 54.7. The zero-order valence-electron chi connectivity index (χ0n) is 43.5. The molecule has 0 saturated carbocycles. The lowest BCUT2D eigenvalue weighted by Crippen LogP contribution is -2.47. The lowest BCUT2D eigenvalue weighted by molar-refractivity contribution is -0.262. The third-order valence-corrected chi connectivity index (χ3v) is 14.9. The van der Waals surface area contributed by atoms with Crippen LogP contribution in [0.1, 0.15) is 114 Å². The van der Waals surface area contributed by atoms with Crippen LogP contribution in [0, 0.1) is 27.7 Å². The normalized spacial score (nSPS) is 19.3. The zero-order chi connectivity index (χ0) is 55.9. The number of halogens is 6. The summed E-state index contributed by atoms with van der Waals surface area (Å²) in [5.41, 5.74) is 4.52. The monoisotopic (exact) mass is 1070 g/mol. The molecule has 0 aliphatic heterocycles. The van der Waals surface area contributed by atoms with Crippen molar-refractivity contribution in [2.75, 3.05) is 10.6 Å². The van der Waals surface area contributed by atoms with Crippen LogP contribution in [0.3, 0.4) is 0 Å². The highest BCUT2D eigenvalue weighted by Crippen LogP contribution is 2.50. The molecule has 10 rings (SSSR count). The number of benzene rings is 2. The van der Waals surface area contributed by atoms with Gasteiger partial charge < -0.3 is 20.8 Å². The number of aromatic nitrogens is 8. The second-order valence-electron chi connectivity index (χ2n) is 20.0. The number of amides is 2. The molecular formula is C58H56F6N10O4. The van der Waals surface area contributed by atoms with Crippen molar-refractivity contribution in [3.8, 4) is 22.8 Å². The first-order valence-corrected chi connectivity index (χ1v) is 25.2. The van der Waals surface area contributed by atoms with Gasteiger partial charge in [-0.15, -0.1) is 0 Å². The van der Waals surface area contributed by atoms with Gasteiger partial charge >= 0.3 is 12.4 Å². The molecule has 0 spiro atoms. The van der Waals surface area contributed by atoms with Crippen molar-refractivity contribution in [2.24, 2.45) is 14.1 Å². The summed E-state index contributed by atoms with van der Waals surface area (Å²) in [6, 6.07) is 28.0. The Labute approximate surface area is 445 Å². The van der Waals surface area contributed by atoms with Gasteiger partial charge in [0.25, 0.3) is 11.8 Å². The number of nitrogens with zero attached hydrogens (tertiary/aromatic N) is 8. The predicted octanol–water partition coefficient (Wildman–Crippen LogP) is 11.0. The van der Waals surface area contributed by atoms with E-state index in [1.54, 1.807) is 150 Å². The van der Waals surface area contributed by atoms with Crippen molar-refractivity contribution in [3.63, 3.8) is 0 Å². The van der Waals surface area contributed by atoms with Crippen molar-refractivity contribution in [3.05, 3.63) is 189 Å². The minimum absolute atomic E-state index is 0.0375. The Morgan fingerprint density at radius 3 is 1.27 bits per heavy atom. The molecule has 0 fully saturated rings. The molecule has 0 unspecified atom stereocenters. The number of aryl methyl sites for hydroxylation is 6. The summed E-state index contributed by atoms with van der Waals surface area (Å²) >= 11 is 0. The molecule has 4 atom stereocenters. The summed E-state index contributed by atoms with van der Waals surface area (Å²) in [7, 11) is 3.18. The largest absolute Gasteiger partial charge is 0.417 e. The Kier molecular flexibility index (Phi) is 15.0. The molecule has 0 bridgehead atoms. The fourth-order valence-electron chi connectivity index (χ4n) is 10.6. The lowest BCUT2D eigenvalue weighted by Gasteiger charge is -2.29. The number of rotatable bonds is 8. The van der Waals surface area contributed by atoms with Gasteiger partial charge in [0.2, 0.25) is 0 Å². The van der Waals surface area contributed by atoms with E-state index in [1.807, 2.05) is 13.8 Å². The smallest absolute Gasteiger partial charge is 0.380 e. The summed E-state index contributed by atoms with van der Waals surface area (Å²) in [4.78, 5) is 43.1. The summed E-state index contributed by atoms with van der Waals surface area (Å²) in [5.74, 6) is -1.63. The predicted molar refractivity (Wildman–Crippen MR) is 281 cm³/mol. The van der Waals surface area contributed by atoms with E-state index >= 15 is 0 Å². The topological polar surface area (TPSA) is 186 Å². The highest BCUT2D eigenvalue weighted by atomic mass is 19.4. The summed E-state index contributed by atoms with van der Waals surface area (Å²) in [6.07, 6.45) is -5.21. The Bertz CT molecular complexity index is 3300. The second kappa shape index (κ2) is 21.4. The molecule has 0 saturated heterocycles. The van der Waals surface area contributed by atoms with Gasteiger partial charge in [-0.25, -0.2) is 0 Å². The van der Waals surface area contributed by atoms with E-state index in [0.717, 1.165) is 22.3 Å². The van der Waals surface area contributed by atoms with E-state index in [2.05, 4.69) is 40.8 Å². The number of nitrogens with one attached hydrogen (secondary N) is 2. The molecular weight excluding hydrogens is 1010 g/mol. The summed E-state index contributed by atoms with van der Waals surface area (Å²) < 4.78 is 87.3. The summed E-state index contributed by atoms with van der Waals surface area (Å²) in [6.45, 7) is 7.25. The van der Waals surface area contributed by atoms with Gasteiger partial charge in [-0.1, -0.05) is 24.3 Å². The third-order valence-electron chi connectivity index (χ3n) is 14.9. The Morgan fingerprint density at radius 1 is 0.551 bits per heavy atom. The molecule has 4 N–H and O–H groups in total. The molecule has 2 aliphatic carbocycles. The number of alkyl halides is 6. The van der Waals surface area contributed by atoms with Crippen LogP contribution in [0.15, 0.2) is 122 Å². The van der Waals surface area contributed by atoms with Crippen LogP contribution in [0.25, 0.3) is 22.8 Å². The molecule has 2 amide bonds. The number of hydrogen-bond donors (Lipinski definition) is 4. The maximum atomic E-state index is 14.1. The average molecular weight is 1070 g/mol. The molecule has 0 radical (unpaired) electrons. The van der Waals surface area contributed by atoms with Crippen molar-refractivity contribution in [2.45, 2.75) is 102 Å². The first-order chi connectivity index (χ1) is 37.0. The Balaban J connectivity index is 0.000000190. The van der Waals surface area contributed by atoms with Gasteiger partial charge in [0.1, 0.15) is 11.4 Å².